The molecule has 3 aromatic rings. The highest BCUT2D eigenvalue weighted by atomic mass is 16.5. The summed E-state index contributed by atoms with van der Waals surface area (Å²) in [5.41, 5.74) is 1.84. The first-order valence-corrected chi connectivity index (χ1v) is 5.40. The molecule has 0 radical (unpaired) electrons. The first-order valence-electron chi connectivity index (χ1n) is 5.40. The SMILES string of the molecule is COc1cccc2nc(Cc3ccco3)cn12. The Morgan fingerprint density at radius 2 is 2.24 bits per heavy atom. The highest BCUT2D eigenvalue weighted by molar-refractivity contribution is 5.44. The second-order valence-corrected chi connectivity index (χ2v) is 3.78. The molecule has 3 heterocycles. The third-order valence-corrected chi connectivity index (χ3v) is 2.65. The maximum atomic E-state index is 5.31. The number of pyridine rings is 1. The standard InChI is InChI=1S/C13H12N2O2/c1-16-13-6-2-5-12-14-10(9-15(12)13)8-11-4-3-7-17-11/h2-7,9H,8H2,1H3. The molecule has 0 fully saturated rings. The van der Waals surface area contributed by atoms with Crippen molar-refractivity contribution in [3.63, 3.8) is 0 Å². The van der Waals surface area contributed by atoms with Crippen LogP contribution in [0.1, 0.15) is 11.5 Å². The molecule has 0 saturated carbocycles. The van der Waals surface area contributed by atoms with Crippen LogP contribution in [0.3, 0.4) is 0 Å². The van der Waals surface area contributed by atoms with E-state index in [0.717, 1.165) is 23.0 Å². The van der Waals surface area contributed by atoms with Crippen LogP contribution < -0.4 is 4.74 Å². The molecule has 0 aliphatic heterocycles. The van der Waals surface area contributed by atoms with Crippen LogP contribution in [-0.2, 0) is 6.42 Å². The Kier molecular flexibility index (Phi) is 2.33. The zero-order valence-electron chi connectivity index (χ0n) is 9.46. The molecule has 0 aromatic carbocycles. The van der Waals surface area contributed by atoms with Gasteiger partial charge in [-0.25, -0.2) is 4.98 Å². The molecule has 0 bridgehead atoms. The predicted molar refractivity (Wildman–Crippen MR) is 63.3 cm³/mol. The number of ether oxygens (including phenoxy) is 1. The van der Waals surface area contributed by atoms with Crippen molar-refractivity contribution in [3.05, 3.63) is 54.2 Å². The summed E-state index contributed by atoms with van der Waals surface area (Å²) in [7, 11) is 1.65. The molecule has 4 heteroatoms. The van der Waals surface area contributed by atoms with Gasteiger partial charge in [-0.2, -0.15) is 0 Å². The van der Waals surface area contributed by atoms with Crippen molar-refractivity contribution < 1.29 is 9.15 Å². The molecule has 0 unspecified atom stereocenters. The van der Waals surface area contributed by atoms with Crippen molar-refractivity contribution in [1.82, 2.24) is 9.38 Å². The lowest BCUT2D eigenvalue weighted by Gasteiger charge is -2.01. The summed E-state index contributed by atoms with van der Waals surface area (Å²) in [4.78, 5) is 4.52. The van der Waals surface area contributed by atoms with Gasteiger partial charge in [-0.3, -0.25) is 4.40 Å². The Morgan fingerprint density at radius 1 is 1.29 bits per heavy atom. The lowest BCUT2D eigenvalue weighted by Crippen LogP contribution is -1.91. The van der Waals surface area contributed by atoms with Crippen LogP contribution in [0.15, 0.2) is 47.2 Å². The summed E-state index contributed by atoms with van der Waals surface area (Å²) in [6, 6.07) is 9.62. The van der Waals surface area contributed by atoms with Crippen molar-refractivity contribution >= 4 is 5.65 Å². The van der Waals surface area contributed by atoms with Crippen molar-refractivity contribution in [3.8, 4) is 5.88 Å². The zero-order chi connectivity index (χ0) is 11.7. The van der Waals surface area contributed by atoms with E-state index in [1.807, 2.05) is 40.9 Å². The van der Waals surface area contributed by atoms with Gasteiger partial charge in [0.2, 0.25) is 0 Å². The van der Waals surface area contributed by atoms with Crippen LogP contribution in [0.2, 0.25) is 0 Å². The second kappa shape index (κ2) is 3.97. The summed E-state index contributed by atoms with van der Waals surface area (Å²) in [5, 5.41) is 0. The van der Waals surface area contributed by atoms with Gasteiger partial charge in [0.05, 0.1) is 19.1 Å². The van der Waals surface area contributed by atoms with E-state index >= 15 is 0 Å². The average Bonchev–Trinajstić information content (AvgIpc) is 2.97. The van der Waals surface area contributed by atoms with Crippen molar-refractivity contribution in [2.24, 2.45) is 0 Å². The Bertz CT molecular complexity index is 626. The number of rotatable bonds is 3. The van der Waals surface area contributed by atoms with Crippen LogP contribution in [-0.4, -0.2) is 16.5 Å². The predicted octanol–water partition coefficient (Wildman–Crippen LogP) is 2.53. The Labute approximate surface area is 98.5 Å². The fourth-order valence-corrected chi connectivity index (χ4v) is 1.88. The van der Waals surface area contributed by atoms with E-state index in [9.17, 15) is 0 Å². The highest BCUT2D eigenvalue weighted by Crippen LogP contribution is 2.17. The normalized spacial score (nSPS) is 10.9. The zero-order valence-corrected chi connectivity index (χ0v) is 9.46. The Hall–Kier alpha value is -2.23. The van der Waals surface area contributed by atoms with Crippen LogP contribution in [0.4, 0.5) is 0 Å². The molecule has 0 amide bonds. The quantitative estimate of drug-likeness (QED) is 0.691. The van der Waals surface area contributed by atoms with Gasteiger partial charge < -0.3 is 9.15 Å². The van der Waals surface area contributed by atoms with E-state index in [0.29, 0.717) is 6.42 Å². The minimum absolute atomic E-state index is 0.692. The molecule has 0 atom stereocenters. The maximum absolute atomic E-state index is 5.31. The summed E-state index contributed by atoms with van der Waals surface area (Å²) in [5.74, 6) is 1.69. The van der Waals surface area contributed by atoms with E-state index < -0.39 is 0 Å². The number of nitrogens with zero attached hydrogens (tertiary/aromatic N) is 2. The summed E-state index contributed by atoms with van der Waals surface area (Å²) >= 11 is 0. The number of furan rings is 1. The van der Waals surface area contributed by atoms with Crippen molar-refractivity contribution in [2.45, 2.75) is 6.42 Å². The Morgan fingerprint density at radius 3 is 3.00 bits per heavy atom. The van der Waals surface area contributed by atoms with Gasteiger partial charge >= 0.3 is 0 Å². The topological polar surface area (TPSA) is 39.7 Å². The molecular formula is C13H12N2O2. The molecule has 0 saturated heterocycles. The van der Waals surface area contributed by atoms with Crippen molar-refractivity contribution in [1.29, 1.82) is 0 Å². The van der Waals surface area contributed by atoms with Crippen LogP contribution >= 0.6 is 0 Å². The third-order valence-electron chi connectivity index (χ3n) is 2.65. The largest absolute Gasteiger partial charge is 0.482 e. The number of aromatic nitrogens is 2. The van der Waals surface area contributed by atoms with Gasteiger partial charge in [-0.15, -0.1) is 0 Å². The number of hydrogen-bond acceptors (Lipinski definition) is 3. The number of fused-ring (bicyclic) bond motifs is 1. The van der Waals surface area contributed by atoms with Crippen LogP contribution in [0.25, 0.3) is 5.65 Å². The van der Waals surface area contributed by atoms with Crippen LogP contribution in [0, 0.1) is 0 Å². The molecule has 3 aromatic heterocycles. The molecule has 3 rings (SSSR count). The van der Waals surface area contributed by atoms with Crippen molar-refractivity contribution in [2.75, 3.05) is 7.11 Å². The molecular weight excluding hydrogens is 216 g/mol. The van der Waals surface area contributed by atoms with Gasteiger partial charge in [0.25, 0.3) is 0 Å². The number of methoxy groups -OCH3 is 1. The van der Waals surface area contributed by atoms with Crippen LogP contribution in [0.5, 0.6) is 5.88 Å². The van der Waals surface area contributed by atoms with Gasteiger partial charge in [-0.05, 0) is 24.3 Å². The lowest BCUT2D eigenvalue weighted by molar-refractivity contribution is 0.392. The first-order chi connectivity index (χ1) is 8.36. The molecule has 0 spiro atoms. The fourth-order valence-electron chi connectivity index (χ4n) is 1.88. The Balaban J connectivity index is 2.02. The third kappa shape index (κ3) is 1.78. The van der Waals surface area contributed by atoms with E-state index in [1.165, 1.54) is 0 Å². The number of imidazole rings is 1. The summed E-state index contributed by atoms with van der Waals surface area (Å²) in [6.45, 7) is 0. The minimum atomic E-state index is 0.692. The molecule has 17 heavy (non-hydrogen) atoms. The lowest BCUT2D eigenvalue weighted by atomic mass is 10.3. The maximum Gasteiger partial charge on any atom is 0.198 e. The molecule has 4 nitrogen and oxygen atoms in total. The van der Waals surface area contributed by atoms with E-state index in [2.05, 4.69) is 4.98 Å². The van der Waals surface area contributed by atoms with E-state index in [4.69, 9.17) is 9.15 Å². The fraction of sp³-hybridized carbons (Fsp3) is 0.154. The summed E-state index contributed by atoms with van der Waals surface area (Å²) < 4.78 is 12.5. The second-order valence-electron chi connectivity index (χ2n) is 3.78. The minimum Gasteiger partial charge on any atom is -0.482 e. The average molecular weight is 228 g/mol. The van der Waals surface area contributed by atoms with E-state index in [-0.39, 0.29) is 0 Å². The smallest absolute Gasteiger partial charge is 0.198 e. The van der Waals surface area contributed by atoms with Gasteiger partial charge in [0, 0.05) is 12.6 Å². The first kappa shape index (κ1) is 9.96. The molecule has 0 aliphatic rings. The molecule has 0 aliphatic carbocycles. The van der Waals surface area contributed by atoms with Gasteiger partial charge in [-0.1, -0.05) is 6.07 Å². The number of hydrogen-bond donors (Lipinski definition) is 0. The van der Waals surface area contributed by atoms with Gasteiger partial charge in [0.1, 0.15) is 11.4 Å². The van der Waals surface area contributed by atoms with E-state index in [1.54, 1.807) is 13.4 Å². The molecule has 86 valence electrons. The van der Waals surface area contributed by atoms with Gasteiger partial charge in [0.15, 0.2) is 5.88 Å². The molecule has 0 N–H and O–H groups in total. The summed E-state index contributed by atoms with van der Waals surface area (Å²) in [6.07, 6.45) is 4.33. The highest BCUT2D eigenvalue weighted by Gasteiger charge is 2.07. The monoisotopic (exact) mass is 228 g/mol.